The van der Waals surface area contributed by atoms with Gasteiger partial charge in [-0.3, -0.25) is 4.79 Å². The minimum atomic E-state index is 0.0167. The second-order valence-corrected chi connectivity index (χ2v) is 6.65. The first kappa shape index (κ1) is 15.5. The van der Waals surface area contributed by atoms with Crippen molar-refractivity contribution >= 4 is 22.9 Å². The van der Waals surface area contributed by atoms with Gasteiger partial charge in [0.05, 0.1) is 22.2 Å². The summed E-state index contributed by atoms with van der Waals surface area (Å²) >= 11 is 1.62. The molecule has 0 unspecified atom stereocenters. The summed E-state index contributed by atoms with van der Waals surface area (Å²) in [6.07, 6.45) is 2.59. The quantitative estimate of drug-likeness (QED) is 0.845. The largest absolute Gasteiger partial charge is 0.369 e. The van der Waals surface area contributed by atoms with E-state index in [1.54, 1.807) is 22.4 Å². The van der Waals surface area contributed by atoms with Crippen LogP contribution in [0.3, 0.4) is 0 Å². The highest BCUT2D eigenvalue weighted by Crippen LogP contribution is 2.28. The van der Waals surface area contributed by atoms with E-state index < -0.39 is 0 Å². The van der Waals surface area contributed by atoms with Gasteiger partial charge in [-0.2, -0.15) is 5.26 Å². The van der Waals surface area contributed by atoms with Gasteiger partial charge in [0.1, 0.15) is 6.07 Å². The first-order valence-corrected chi connectivity index (χ1v) is 8.44. The fourth-order valence-electron chi connectivity index (χ4n) is 2.74. The second kappa shape index (κ2) is 6.80. The van der Waals surface area contributed by atoms with Gasteiger partial charge in [-0.25, -0.2) is 4.98 Å². The molecule has 6 heteroatoms. The van der Waals surface area contributed by atoms with Crippen LogP contribution in [-0.2, 0) is 11.2 Å². The highest BCUT2D eigenvalue weighted by atomic mass is 32.1. The van der Waals surface area contributed by atoms with E-state index in [0.717, 1.165) is 17.1 Å². The molecule has 5 nitrogen and oxygen atoms in total. The topological polar surface area (TPSA) is 60.2 Å². The van der Waals surface area contributed by atoms with E-state index >= 15 is 0 Å². The van der Waals surface area contributed by atoms with Crippen LogP contribution in [0.5, 0.6) is 0 Å². The number of hydrogen-bond acceptors (Lipinski definition) is 5. The Morgan fingerprint density at radius 1 is 1.48 bits per heavy atom. The van der Waals surface area contributed by atoms with Crippen molar-refractivity contribution in [3.05, 3.63) is 46.4 Å². The molecule has 0 N–H and O–H groups in total. The lowest BCUT2D eigenvalue weighted by atomic mass is 9.96. The Morgan fingerprint density at radius 3 is 2.96 bits per heavy atom. The maximum Gasteiger partial charge on any atom is 0.229 e. The SMILES string of the molecule is CN(CCc1nccs1)C(=O)C1CN(c2ccccc2C#N)C1. The predicted molar refractivity (Wildman–Crippen MR) is 90.3 cm³/mol. The van der Waals surface area contributed by atoms with Crippen molar-refractivity contribution in [2.45, 2.75) is 6.42 Å². The molecule has 1 aromatic heterocycles. The van der Waals surface area contributed by atoms with Crippen LogP contribution in [0.4, 0.5) is 5.69 Å². The normalized spacial score (nSPS) is 14.2. The monoisotopic (exact) mass is 326 g/mol. The Labute approximate surface area is 139 Å². The van der Waals surface area contributed by atoms with Crippen LogP contribution in [0.25, 0.3) is 0 Å². The van der Waals surface area contributed by atoms with Crippen molar-refractivity contribution < 1.29 is 4.79 Å². The summed E-state index contributed by atoms with van der Waals surface area (Å²) in [6, 6.07) is 9.73. The lowest BCUT2D eigenvalue weighted by Crippen LogP contribution is -2.54. The van der Waals surface area contributed by atoms with Crippen molar-refractivity contribution in [3.8, 4) is 6.07 Å². The summed E-state index contributed by atoms with van der Waals surface area (Å²) in [7, 11) is 1.85. The molecule has 0 aliphatic carbocycles. The molecule has 1 fully saturated rings. The Bertz CT molecular complexity index is 716. The molecule has 1 saturated heterocycles. The number of aromatic nitrogens is 1. The summed E-state index contributed by atoms with van der Waals surface area (Å²) in [5, 5.41) is 12.2. The number of amides is 1. The summed E-state index contributed by atoms with van der Waals surface area (Å²) in [6.45, 7) is 2.05. The molecule has 0 radical (unpaired) electrons. The number of carbonyl (C=O) groups is 1. The molecule has 0 saturated carbocycles. The Balaban J connectivity index is 1.52. The van der Waals surface area contributed by atoms with E-state index in [-0.39, 0.29) is 11.8 Å². The molecule has 1 amide bonds. The van der Waals surface area contributed by atoms with Gasteiger partial charge in [0.2, 0.25) is 5.91 Å². The molecule has 118 valence electrons. The van der Waals surface area contributed by atoms with Gasteiger partial charge < -0.3 is 9.80 Å². The lowest BCUT2D eigenvalue weighted by Gasteiger charge is -2.41. The molecule has 2 heterocycles. The van der Waals surface area contributed by atoms with E-state index in [1.165, 1.54) is 0 Å². The molecular formula is C17H18N4OS. The van der Waals surface area contributed by atoms with Gasteiger partial charge >= 0.3 is 0 Å². The number of hydrogen-bond donors (Lipinski definition) is 0. The van der Waals surface area contributed by atoms with Gasteiger partial charge in [0.25, 0.3) is 0 Å². The Kier molecular flexibility index (Phi) is 4.58. The number of nitriles is 1. The molecule has 23 heavy (non-hydrogen) atoms. The van der Waals surface area contributed by atoms with Gasteiger partial charge in [-0.1, -0.05) is 12.1 Å². The number of nitrogens with zero attached hydrogens (tertiary/aromatic N) is 4. The van der Waals surface area contributed by atoms with Gasteiger partial charge in [-0.15, -0.1) is 11.3 Å². The Hall–Kier alpha value is -2.39. The summed E-state index contributed by atoms with van der Waals surface area (Å²) < 4.78 is 0. The van der Waals surface area contributed by atoms with Crippen molar-refractivity contribution in [3.63, 3.8) is 0 Å². The van der Waals surface area contributed by atoms with Crippen LogP contribution < -0.4 is 4.90 Å². The first-order valence-electron chi connectivity index (χ1n) is 7.56. The average Bonchev–Trinajstić information content (AvgIpc) is 3.05. The van der Waals surface area contributed by atoms with Crippen LogP contribution in [0, 0.1) is 17.2 Å². The zero-order valence-electron chi connectivity index (χ0n) is 13.0. The number of rotatable bonds is 5. The molecule has 1 aromatic carbocycles. The number of likely N-dealkylation sites (N-methyl/N-ethyl adjacent to an activating group) is 1. The molecule has 0 spiro atoms. The number of carbonyl (C=O) groups excluding carboxylic acids is 1. The highest BCUT2D eigenvalue weighted by Gasteiger charge is 2.35. The minimum absolute atomic E-state index is 0.0167. The van der Waals surface area contributed by atoms with Crippen molar-refractivity contribution in [1.29, 1.82) is 5.26 Å². The molecule has 2 aromatic rings. The maximum absolute atomic E-state index is 12.4. The Morgan fingerprint density at radius 2 is 2.26 bits per heavy atom. The first-order chi connectivity index (χ1) is 11.2. The third-order valence-electron chi connectivity index (χ3n) is 4.12. The van der Waals surface area contributed by atoms with Crippen LogP contribution in [0.2, 0.25) is 0 Å². The van der Waals surface area contributed by atoms with Gasteiger partial charge in [-0.05, 0) is 12.1 Å². The van der Waals surface area contributed by atoms with Gasteiger partial charge in [0.15, 0.2) is 0 Å². The molecule has 1 aliphatic heterocycles. The number of thiazole rings is 1. The standard InChI is InChI=1S/C17H18N4OS/c1-20(8-6-16-19-7-9-23-16)17(22)14-11-21(12-14)15-5-3-2-4-13(15)10-18/h2-5,7,9,14H,6,8,11-12H2,1H3. The minimum Gasteiger partial charge on any atom is -0.369 e. The van der Waals surface area contributed by atoms with Crippen LogP contribution in [-0.4, -0.2) is 42.5 Å². The third-order valence-corrected chi connectivity index (χ3v) is 4.96. The van der Waals surface area contributed by atoms with E-state index in [0.29, 0.717) is 25.2 Å². The van der Waals surface area contributed by atoms with E-state index in [1.807, 2.05) is 36.7 Å². The zero-order chi connectivity index (χ0) is 16.2. The van der Waals surface area contributed by atoms with Crippen LogP contribution in [0.1, 0.15) is 10.6 Å². The molecule has 0 atom stereocenters. The van der Waals surface area contributed by atoms with E-state index in [9.17, 15) is 4.79 Å². The maximum atomic E-state index is 12.4. The molecule has 1 aliphatic rings. The number of anilines is 1. The molecule has 0 bridgehead atoms. The van der Waals surface area contributed by atoms with Crippen molar-refractivity contribution in [2.24, 2.45) is 5.92 Å². The predicted octanol–water partition coefficient (Wildman–Crippen LogP) is 2.15. The lowest BCUT2D eigenvalue weighted by molar-refractivity contribution is -0.134. The fraction of sp³-hybridized carbons (Fsp3) is 0.353. The zero-order valence-corrected chi connectivity index (χ0v) is 13.8. The van der Waals surface area contributed by atoms with Crippen LogP contribution in [0.15, 0.2) is 35.8 Å². The van der Waals surface area contributed by atoms with E-state index in [4.69, 9.17) is 5.26 Å². The number of benzene rings is 1. The smallest absolute Gasteiger partial charge is 0.229 e. The van der Waals surface area contributed by atoms with E-state index in [2.05, 4.69) is 16.0 Å². The summed E-state index contributed by atoms with van der Waals surface area (Å²) in [5.74, 6) is 0.190. The van der Waals surface area contributed by atoms with Crippen molar-refractivity contribution in [2.75, 3.05) is 31.6 Å². The average molecular weight is 326 g/mol. The fourth-order valence-corrected chi connectivity index (χ4v) is 3.35. The molecular weight excluding hydrogens is 308 g/mol. The second-order valence-electron chi connectivity index (χ2n) is 5.67. The summed E-state index contributed by atoms with van der Waals surface area (Å²) in [5.41, 5.74) is 1.58. The number of para-hydroxylation sites is 1. The van der Waals surface area contributed by atoms with Crippen LogP contribution >= 0.6 is 11.3 Å². The highest BCUT2D eigenvalue weighted by molar-refractivity contribution is 7.09. The van der Waals surface area contributed by atoms with Gasteiger partial charge in [0, 0.05) is 44.7 Å². The van der Waals surface area contributed by atoms with Crippen molar-refractivity contribution in [1.82, 2.24) is 9.88 Å². The molecule has 3 rings (SSSR count). The third kappa shape index (κ3) is 3.35. The summed E-state index contributed by atoms with van der Waals surface area (Å²) in [4.78, 5) is 20.6.